The Morgan fingerprint density at radius 1 is 0.957 bits per heavy atom. The maximum Gasteiger partial charge on any atom is 0.119 e. The first-order chi connectivity index (χ1) is 16.6. The van der Waals surface area contributed by atoms with Crippen molar-refractivity contribution in [1.82, 2.24) is 4.90 Å². The van der Waals surface area contributed by atoms with Gasteiger partial charge in [0.2, 0.25) is 0 Å². The van der Waals surface area contributed by atoms with Gasteiger partial charge in [0.1, 0.15) is 5.75 Å². The Kier molecular flexibility index (Phi) is 2.34. The third-order valence-corrected chi connectivity index (χ3v) is 3.70. The average molecular weight is 326 g/mol. The molecule has 0 aliphatic rings. The number of aromatic hydroxyl groups is 1. The first-order valence-corrected chi connectivity index (χ1v) is 7.21. The lowest BCUT2D eigenvalue weighted by atomic mass is 9.87. The van der Waals surface area contributed by atoms with E-state index in [4.69, 9.17) is 19.2 Å². The molecule has 2 aromatic carbocycles. The van der Waals surface area contributed by atoms with Gasteiger partial charge in [0, 0.05) is 42.7 Å². The van der Waals surface area contributed by atoms with E-state index in [9.17, 15) is 5.11 Å². The molecule has 0 aliphatic heterocycles. The summed E-state index contributed by atoms with van der Waals surface area (Å²) >= 11 is 0. The highest BCUT2D eigenvalue weighted by Crippen LogP contribution is 2.34. The van der Waals surface area contributed by atoms with E-state index in [2.05, 4.69) is 0 Å². The van der Waals surface area contributed by atoms with E-state index in [0.717, 1.165) is 0 Å². The maximum absolute atomic E-state index is 10.5. The van der Waals surface area contributed by atoms with Crippen molar-refractivity contribution in [3.05, 3.63) is 65.7 Å². The van der Waals surface area contributed by atoms with Crippen LogP contribution >= 0.6 is 0 Å². The topological polar surface area (TPSA) is 23.5 Å². The Balaban J connectivity index is 2.81. The minimum Gasteiger partial charge on any atom is -0.508 e. The number of nitrogens with zero attached hydrogens (tertiary/aromatic N) is 1. The zero-order valence-electron chi connectivity index (χ0n) is 26.6. The van der Waals surface area contributed by atoms with Crippen LogP contribution in [0.5, 0.6) is 5.75 Å². The molecule has 0 saturated carbocycles. The van der Waals surface area contributed by atoms with Crippen molar-refractivity contribution in [3.63, 3.8) is 0 Å². The summed E-state index contributed by atoms with van der Waals surface area (Å²) in [5.41, 5.74) is 0.894. The second kappa shape index (κ2) is 8.16. The highest BCUT2D eigenvalue weighted by atomic mass is 16.3. The van der Waals surface area contributed by atoms with Crippen molar-refractivity contribution < 1.29 is 24.3 Å². The van der Waals surface area contributed by atoms with Crippen LogP contribution in [0.15, 0.2) is 54.6 Å². The van der Waals surface area contributed by atoms with Gasteiger partial charge in [-0.2, -0.15) is 0 Å². The van der Waals surface area contributed by atoms with Crippen molar-refractivity contribution in [1.29, 1.82) is 0 Å². The van der Waals surface area contributed by atoms with Gasteiger partial charge in [0.05, 0.1) is 0 Å². The normalized spacial score (nSPS) is 25.1. The van der Waals surface area contributed by atoms with Crippen LogP contribution < -0.4 is 0 Å². The average Bonchev–Trinajstić information content (AvgIpc) is 2.74. The van der Waals surface area contributed by atoms with E-state index in [1.54, 1.807) is 48.5 Å². The highest BCUT2D eigenvalue weighted by Gasteiger charge is 2.20. The fourth-order valence-corrected chi connectivity index (χ4v) is 2.56. The van der Waals surface area contributed by atoms with Gasteiger partial charge in [-0.25, -0.2) is 0 Å². The summed E-state index contributed by atoms with van der Waals surface area (Å²) in [6.07, 6.45) is -0.318. The van der Waals surface area contributed by atoms with Crippen molar-refractivity contribution >= 4 is 0 Å². The zero-order chi connectivity index (χ0) is 28.7. The largest absolute Gasteiger partial charge is 0.508 e. The van der Waals surface area contributed by atoms with E-state index in [0.29, 0.717) is 11.1 Å². The van der Waals surface area contributed by atoms with Crippen LogP contribution in [0.1, 0.15) is 70.1 Å². The number of phenols is 1. The highest BCUT2D eigenvalue weighted by molar-refractivity contribution is 5.41. The second-order valence-corrected chi connectivity index (χ2v) is 5.16. The molecule has 0 spiro atoms. The molecule has 1 atom stereocenters. The molecule has 2 nitrogen and oxygen atoms in total. The van der Waals surface area contributed by atoms with E-state index in [1.165, 1.54) is 6.07 Å². The van der Waals surface area contributed by atoms with E-state index < -0.39 is 51.9 Å². The molecule has 0 radical (unpaired) electrons. The van der Waals surface area contributed by atoms with Gasteiger partial charge in [0.15, 0.2) is 0 Å². The molecule has 0 bridgehead atoms. The van der Waals surface area contributed by atoms with Crippen molar-refractivity contribution in [2.75, 3.05) is 6.54 Å². The lowest BCUT2D eigenvalue weighted by Gasteiger charge is -2.32. The minimum atomic E-state index is -3.77. The molecule has 0 heterocycles. The summed E-state index contributed by atoms with van der Waals surface area (Å²) in [6, 6.07) is 6.99. The molecule has 0 saturated heterocycles. The van der Waals surface area contributed by atoms with Gasteiger partial charge >= 0.3 is 0 Å². The van der Waals surface area contributed by atoms with E-state index in [-0.39, 0.29) is 17.1 Å². The van der Waals surface area contributed by atoms with Crippen molar-refractivity contribution in [2.45, 2.75) is 51.8 Å². The zero-order valence-corrected chi connectivity index (χ0v) is 12.6. The molecule has 124 valence electrons. The van der Waals surface area contributed by atoms with Gasteiger partial charge in [-0.15, -0.1) is 0 Å². The van der Waals surface area contributed by atoms with Crippen LogP contribution in [-0.4, -0.2) is 28.6 Å². The van der Waals surface area contributed by atoms with Crippen LogP contribution in [0, 0.1) is 0 Å². The number of hydrogen-bond acceptors (Lipinski definition) is 2. The monoisotopic (exact) mass is 325 g/mol. The molecular weight excluding hydrogens is 282 g/mol. The summed E-state index contributed by atoms with van der Waals surface area (Å²) in [4.78, 5) is -0.0318. The van der Waals surface area contributed by atoms with Gasteiger partial charge < -0.3 is 5.11 Å². The summed E-state index contributed by atoms with van der Waals surface area (Å²) in [7, 11) is 0. The third kappa shape index (κ3) is 4.59. The molecule has 2 aromatic rings. The van der Waals surface area contributed by atoms with Gasteiger partial charge in [-0.1, -0.05) is 48.5 Å². The lowest BCUT2D eigenvalue weighted by Crippen LogP contribution is -2.38. The number of rotatable bonds is 7. The maximum atomic E-state index is 10.5. The Labute approximate surface area is 160 Å². The Morgan fingerprint density at radius 3 is 2.17 bits per heavy atom. The van der Waals surface area contributed by atoms with Crippen molar-refractivity contribution in [3.8, 4) is 5.75 Å². The Morgan fingerprint density at radius 2 is 1.57 bits per heavy atom. The van der Waals surface area contributed by atoms with Gasteiger partial charge in [-0.3, -0.25) is 4.90 Å². The molecule has 2 rings (SSSR count). The van der Waals surface area contributed by atoms with E-state index >= 15 is 0 Å². The smallest absolute Gasteiger partial charge is 0.119 e. The van der Waals surface area contributed by atoms with Crippen LogP contribution in [0.4, 0.5) is 0 Å². The predicted octanol–water partition coefficient (Wildman–Crippen LogP) is 5.03. The van der Waals surface area contributed by atoms with Gasteiger partial charge in [-0.05, 0) is 52.0 Å². The number of para-hydroxylation sites is 1. The SMILES string of the molecule is [2H]C([2H])([2H])C([2H])(N(CC[C@H](c1ccccc1)c1ccccc1O)C([2H])(C([2H])([2H])[2H])C([2H])([2H])[2H])C([2H])([2H])[2H]. The first kappa shape index (κ1) is 6.60. The lowest BCUT2D eigenvalue weighted by molar-refractivity contribution is 0.170. The molecule has 0 fully saturated rings. The van der Waals surface area contributed by atoms with Crippen LogP contribution in [-0.2, 0) is 0 Å². The Bertz CT molecular complexity index is 976. The fraction of sp³-hybridized carbons (Fsp3) is 0.429. The summed E-state index contributed by atoms with van der Waals surface area (Å²) in [5.74, 6) is -0.949. The van der Waals surface area contributed by atoms with Crippen LogP contribution in [0.3, 0.4) is 0 Å². The van der Waals surface area contributed by atoms with E-state index in [1.807, 2.05) is 0 Å². The van der Waals surface area contributed by atoms with Crippen LogP contribution in [0.25, 0.3) is 0 Å². The van der Waals surface area contributed by atoms with Gasteiger partial charge in [0.25, 0.3) is 0 Å². The summed E-state index contributed by atoms with van der Waals surface area (Å²) < 4.78 is 112. The second-order valence-electron chi connectivity index (χ2n) is 5.16. The number of benzene rings is 2. The number of phenolic OH excluding ortho intramolecular Hbond substituents is 1. The standard InChI is InChI=1S/C21H29NO/c1-16(2)22(17(3)4)15-14-19(18-10-6-5-7-11-18)20-12-8-9-13-21(20)23/h5-13,16-17,19,23H,14-15H2,1-4H3/t19-/m1/s1/i1D3,2D3,3D3,4D3,16D,17D. The molecule has 0 amide bonds. The molecule has 1 N–H and O–H groups in total. The van der Waals surface area contributed by atoms with Crippen LogP contribution in [0.2, 0.25) is 0 Å². The molecular formula is C21H29NO. The van der Waals surface area contributed by atoms with Crippen molar-refractivity contribution in [2.24, 2.45) is 0 Å². The number of hydrogen-bond donors (Lipinski definition) is 1. The molecule has 0 unspecified atom stereocenters. The molecule has 23 heavy (non-hydrogen) atoms. The third-order valence-electron chi connectivity index (χ3n) is 3.70. The first-order valence-electron chi connectivity index (χ1n) is 14.2. The summed E-state index contributed by atoms with van der Waals surface area (Å²) in [5, 5.41) is 10.5. The predicted molar refractivity (Wildman–Crippen MR) is 98.0 cm³/mol. The Hall–Kier alpha value is -1.80. The molecule has 0 aromatic heterocycles. The minimum absolute atomic E-state index is 0.0318. The molecule has 2 heteroatoms. The quantitative estimate of drug-likeness (QED) is 0.771. The molecule has 0 aliphatic carbocycles. The summed E-state index contributed by atoms with van der Waals surface area (Å²) in [6.45, 7) is -15.8. The fourth-order valence-electron chi connectivity index (χ4n) is 2.56.